The van der Waals surface area contributed by atoms with Crippen molar-refractivity contribution in [3.8, 4) is 11.3 Å². The van der Waals surface area contributed by atoms with Gasteiger partial charge in [-0.05, 0) is 5.56 Å². The third-order valence-electron chi connectivity index (χ3n) is 2.70. The monoisotopic (exact) mass is 262 g/mol. The van der Waals surface area contributed by atoms with Crippen LogP contribution in [-0.2, 0) is 11.3 Å². The van der Waals surface area contributed by atoms with E-state index in [1.54, 1.807) is 18.4 Å². The maximum Gasteiger partial charge on any atom is 0.114 e. The number of ether oxygens (including phenoxy) is 1. The molecule has 18 heavy (non-hydrogen) atoms. The van der Waals surface area contributed by atoms with Gasteiger partial charge in [-0.3, -0.25) is 0 Å². The quantitative estimate of drug-likeness (QED) is 0.914. The summed E-state index contributed by atoms with van der Waals surface area (Å²) in [6.07, 6.45) is 0. The molecule has 0 aliphatic carbocycles. The summed E-state index contributed by atoms with van der Waals surface area (Å²) in [6.45, 7) is 4.89. The number of anilines is 1. The number of methoxy groups -OCH3 is 1. The summed E-state index contributed by atoms with van der Waals surface area (Å²) in [6, 6.07) is 8.19. The summed E-state index contributed by atoms with van der Waals surface area (Å²) in [5.41, 5.74) is 9.15. The minimum atomic E-state index is 0.416. The molecule has 2 rings (SSSR count). The Kier molecular flexibility index (Phi) is 3.99. The van der Waals surface area contributed by atoms with Crippen LogP contribution in [0.15, 0.2) is 24.3 Å². The highest BCUT2D eigenvalue weighted by atomic mass is 32.1. The molecular formula is C14H18N2OS. The van der Waals surface area contributed by atoms with Crippen LogP contribution < -0.4 is 5.73 Å². The van der Waals surface area contributed by atoms with Gasteiger partial charge in [-0.25, -0.2) is 4.98 Å². The van der Waals surface area contributed by atoms with Crippen molar-refractivity contribution < 1.29 is 4.74 Å². The largest absolute Gasteiger partial charge is 0.389 e. The summed E-state index contributed by atoms with van der Waals surface area (Å²) in [5.74, 6) is 0.416. The lowest BCUT2D eigenvalue weighted by Crippen LogP contribution is -1.90. The first-order chi connectivity index (χ1) is 8.61. The Morgan fingerprint density at radius 1 is 1.28 bits per heavy atom. The van der Waals surface area contributed by atoms with Gasteiger partial charge in [0, 0.05) is 18.6 Å². The molecular weight excluding hydrogens is 244 g/mol. The molecule has 0 saturated carbocycles. The van der Waals surface area contributed by atoms with Crippen molar-refractivity contribution in [1.29, 1.82) is 0 Å². The van der Waals surface area contributed by atoms with Gasteiger partial charge in [0.1, 0.15) is 10.7 Å². The topological polar surface area (TPSA) is 48.1 Å². The first-order valence-electron chi connectivity index (χ1n) is 5.96. The smallest absolute Gasteiger partial charge is 0.114 e. The zero-order valence-corrected chi connectivity index (χ0v) is 11.8. The first-order valence-corrected chi connectivity index (χ1v) is 6.78. The molecule has 1 aromatic carbocycles. The van der Waals surface area contributed by atoms with Crippen LogP contribution in [0, 0.1) is 0 Å². The van der Waals surface area contributed by atoms with Gasteiger partial charge in [-0.1, -0.05) is 38.1 Å². The van der Waals surface area contributed by atoms with E-state index < -0.39 is 0 Å². The van der Waals surface area contributed by atoms with Gasteiger partial charge >= 0.3 is 0 Å². The molecule has 0 amide bonds. The van der Waals surface area contributed by atoms with Crippen LogP contribution in [0.2, 0.25) is 0 Å². The number of nitrogens with two attached hydrogens (primary N) is 1. The van der Waals surface area contributed by atoms with E-state index in [9.17, 15) is 0 Å². The zero-order valence-electron chi connectivity index (χ0n) is 10.9. The minimum absolute atomic E-state index is 0.416. The number of hydrogen-bond donors (Lipinski definition) is 1. The zero-order chi connectivity index (χ0) is 13.1. The Bertz CT molecular complexity index is 517. The minimum Gasteiger partial charge on any atom is -0.389 e. The molecule has 2 N–H and O–H groups in total. The lowest BCUT2D eigenvalue weighted by atomic mass is 10.1. The van der Waals surface area contributed by atoms with Gasteiger partial charge in [-0.15, -0.1) is 11.3 Å². The van der Waals surface area contributed by atoms with Gasteiger partial charge in [0.25, 0.3) is 0 Å². The predicted molar refractivity (Wildman–Crippen MR) is 76.8 cm³/mol. The Morgan fingerprint density at radius 2 is 1.94 bits per heavy atom. The van der Waals surface area contributed by atoms with E-state index in [2.05, 4.69) is 18.8 Å². The Morgan fingerprint density at radius 3 is 2.44 bits per heavy atom. The molecule has 0 spiro atoms. The molecule has 0 unspecified atom stereocenters. The van der Waals surface area contributed by atoms with Gasteiger partial charge in [0.2, 0.25) is 0 Å². The fourth-order valence-corrected chi connectivity index (χ4v) is 2.59. The molecule has 96 valence electrons. The summed E-state index contributed by atoms with van der Waals surface area (Å²) in [7, 11) is 1.70. The first kappa shape index (κ1) is 13.1. The van der Waals surface area contributed by atoms with Gasteiger partial charge in [-0.2, -0.15) is 0 Å². The molecule has 4 heteroatoms. The van der Waals surface area contributed by atoms with Crippen molar-refractivity contribution in [3.05, 3.63) is 34.8 Å². The molecule has 0 atom stereocenters. The SMILES string of the molecule is COCc1ccc(-c2nc(C(C)C)sc2N)cc1. The van der Waals surface area contributed by atoms with Gasteiger partial charge in [0.15, 0.2) is 0 Å². The third kappa shape index (κ3) is 2.71. The van der Waals surface area contributed by atoms with E-state index in [4.69, 9.17) is 10.5 Å². The van der Waals surface area contributed by atoms with Gasteiger partial charge < -0.3 is 10.5 Å². The third-order valence-corrected chi connectivity index (χ3v) is 3.89. The number of benzene rings is 1. The van der Waals surface area contributed by atoms with Crippen LogP contribution in [0.4, 0.5) is 5.00 Å². The van der Waals surface area contributed by atoms with E-state index in [-0.39, 0.29) is 0 Å². The fourth-order valence-electron chi connectivity index (χ4n) is 1.73. The highest BCUT2D eigenvalue weighted by molar-refractivity contribution is 7.16. The molecule has 3 nitrogen and oxygen atoms in total. The van der Waals surface area contributed by atoms with Crippen LogP contribution in [-0.4, -0.2) is 12.1 Å². The lowest BCUT2D eigenvalue weighted by Gasteiger charge is -2.02. The molecule has 0 aliphatic heterocycles. The van der Waals surface area contributed by atoms with Crippen LogP contribution in [0.3, 0.4) is 0 Å². The maximum absolute atomic E-state index is 6.04. The average Bonchev–Trinajstić information content (AvgIpc) is 2.73. The van der Waals surface area contributed by atoms with E-state index in [0.29, 0.717) is 12.5 Å². The van der Waals surface area contributed by atoms with E-state index in [0.717, 1.165) is 26.8 Å². The second-order valence-electron chi connectivity index (χ2n) is 4.55. The summed E-state index contributed by atoms with van der Waals surface area (Å²) in [5, 5.41) is 1.88. The number of thiazole rings is 1. The Labute approximate surface area is 112 Å². The van der Waals surface area contributed by atoms with E-state index in [1.165, 1.54) is 0 Å². The lowest BCUT2D eigenvalue weighted by molar-refractivity contribution is 0.185. The molecule has 0 bridgehead atoms. The molecule has 0 aliphatic rings. The standard InChI is InChI=1S/C14H18N2OS/c1-9(2)14-16-12(13(15)18-14)11-6-4-10(5-7-11)8-17-3/h4-7,9H,8,15H2,1-3H3. The van der Waals surface area contributed by atoms with Gasteiger partial charge in [0.05, 0.1) is 11.6 Å². The summed E-state index contributed by atoms with van der Waals surface area (Å²) in [4.78, 5) is 4.62. The van der Waals surface area contributed by atoms with Crippen molar-refractivity contribution in [2.45, 2.75) is 26.4 Å². The van der Waals surface area contributed by atoms with E-state index >= 15 is 0 Å². The fraction of sp³-hybridized carbons (Fsp3) is 0.357. The van der Waals surface area contributed by atoms with Crippen LogP contribution in [0.25, 0.3) is 11.3 Å². The Hall–Kier alpha value is -1.39. The number of rotatable bonds is 4. The Balaban J connectivity index is 2.30. The second-order valence-corrected chi connectivity index (χ2v) is 5.61. The van der Waals surface area contributed by atoms with E-state index in [1.807, 2.05) is 24.3 Å². The van der Waals surface area contributed by atoms with Crippen LogP contribution in [0.1, 0.15) is 30.3 Å². The van der Waals surface area contributed by atoms with Crippen molar-refractivity contribution >= 4 is 16.3 Å². The van der Waals surface area contributed by atoms with Crippen molar-refractivity contribution in [3.63, 3.8) is 0 Å². The highest BCUT2D eigenvalue weighted by Gasteiger charge is 2.12. The number of hydrogen-bond acceptors (Lipinski definition) is 4. The number of aromatic nitrogens is 1. The van der Waals surface area contributed by atoms with Crippen molar-refractivity contribution in [1.82, 2.24) is 4.98 Å². The highest BCUT2D eigenvalue weighted by Crippen LogP contribution is 2.33. The summed E-state index contributed by atoms with van der Waals surface area (Å²) >= 11 is 1.57. The normalized spacial score (nSPS) is 11.1. The molecule has 0 fully saturated rings. The molecule has 0 saturated heterocycles. The average molecular weight is 262 g/mol. The summed E-state index contributed by atoms with van der Waals surface area (Å²) < 4.78 is 5.09. The van der Waals surface area contributed by atoms with Crippen LogP contribution in [0.5, 0.6) is 0 Å². The predicted octanol–water partition coefficient (Wildman–Crippen LogP) is 3.66. The maximum atomic E-state index is 6.04. The number of nitrogens with zero attached hydrogens (tertiary/aromatic N) is 1. The molecule has 2 aromatic rings. The number of nitrogen functional groups attached to an aromatic ring is 1. The second kappa shape index (κ2) is 5.50. The van der Waals surface area contributed by atoms with Crippen molar-refractivity contribution in [2.24, 2.45) is 0 Å². The molecule has 1 aromatic heterocycles. The molecule has 0 radical (unpaired) electrons. The van der Waals surface area contributed by atoms with Crippen LogP contribution >= 0.6 is 11.3 Å². The molecule has 1 heterocycles. The van der Waals surface area contributed by atoms with Crippen molar-refractivity contribution in [2.75, 3.05) is 12.8 Å².